The fraction of sp³-hybridized carbons (Fsp3) is 0.652. The molecule has 4 atom stereocenters. The fourth-order valence-corrected chi connectivity index (χ4v) is 5.56. The Labute approximate surface area is 177 Å². The van der Waals surface area contributed by atoms with E-state index in [0.717, 1.165) is 49.8 Å². The summed E-state index contributed by atoms with van der Waals surface area (Å²) in [5.74, 6) is -0.726. The molecule has 1 heterocycles. The maximum Gasteiger partial charge on any atom is 0.407 e. The number of rotatable bonds is 3. The Balaban J connectivity index is 1.62. The van der Waals surface area contributed by atoms with Gasteiger partial charge >= 0.3 is 6.09 Å². The van der Waals surface area contributed by atoms with Gasteiger partial charge in [-0.2, -0.15) is 0 Å². The van der Waals surface area contributed by atoms with E-state index < -0.39 is 17.6 Å². The van der Waals surface area contributed by atoms with Crippen LogP contribution in [0.3, 0.4) is 0 Å². The van der Waals surface area contributed by atoms with Crippen molar-refractivity contribution in [2.45, 2.75) is 95.2 Å². The first-order valence-electron chi connectivity index (χ1n) is 11.1. The Morgan fingerprint density at radius 3 is 2.60 bits per heavy atom. The molecule has 0 bridgehead atoms. The predicted molar refractivity (Wildman–Crippen MR) is 113 cm³/mol. The smallest absolute Gasteiger partial charge is 0.407 e. The van der Waals surface area contributed by atoms with Crippen molar-refractivity contribution >= 4 is 17.7 Å². The van der Waals surface area contributed by atoms with Crippen LogP contribution in [-0.4, -0.2) is 29.7 Å². The van der Waals surface area contributed by atoms with Gasteiger partial charge in [-0.05, 0) is 76.0 Å². The third-order valence-corrected chi connectivity index (χ3v) is 6.64. The monoisotopic (exact) mass is 417 g/mol. The molecule has 6 nitrogen and oxygen atoms in total. The van der Waals surface area contributed by atoms with Gasteiger partial charge < -0.3 is 21.1 Å². The number of carbonyl (C=O) groups is 2. The number of amides is 2. The minimum Gasteiger partial charge on any atom is -0.444 e. The second-order valence-electron chi connectivity index (χ2n) is 9.97. The molecule has 1 aromatic carbocycles. The molecule has 2 aliphatic carbocycles. The van der Waals surface area contributed by atoms with Crippen LogP contribution in [0.2, 0.25) is 0 Å². The molecule has 2 fully saturated rings. The molecule has 4 N–H and O–H groups in total. The largest absolute Gasteiger partial charge is 0.444 e. The Kier molecular flexibility index (Phi) is 5.41. The van der Waals surface area contributed by atoms with E-state index in [0.29, 0.717) is 12.0 Å². The van der Waals surface area contributed by atoms with Gasteiger partial charge in [0, 0.05) is 18.0 Å². The molecule has 2 saturated carbocycles. The van der Waals surface area contributed by atoms with Crippen molar-refractivity contribution in [3.05, 3.63) is 28.6 Å². The Morgan fingerprint density at radius 1 is 1.17 bits per heavy atom. The second kappa shape index (κ2) is 7.75. The molecule has 0 spiro atoms. The van der Waals surface area contributed by atoms with E-state index in [9.17, 15) is 9.59 Å². The number of ether oxygens (including phenoxy) is 1. The van der Waals surface area contributed by atoms with Gasteiger partial charge in [-0.1, -0.05) is 12.8 Å². The van der Waals surface area contributed by atoms with Crippen LogP contribution in [0.25, 0.3) is 0 Å². The van der Waals surface area contributed by atoms with Gasteiger partial charge in [0.05, 0.1) is 11.3 Å². The summed E-state index contributed by atoms with van der Waals surface area (Å²) in [6, 6.07) is 1.49. The molecule has 7 heteroatoms. The minimum atomic E-state index is -0.600. The first-order valence-corrected chi connectivity index (χ1v) is 11.1. The van der Waals surface area contributed by atoms with Crippen LogP contribution in [0, 0.1) is 5.82 Å². The third-order valence-electron chi connectivity index (χ3n) is 6.64. The van der Waals surface area contributed by atoms with Crippen LogP contribution >= 0.6 is 0 Å². The Morgan fingerprint density at radius 2 is 1.90 bits per heavy atom. The molecule has 1 aromatic rings. The van der Waals surface area contributed by atoms with Crippen molar-refractivity contribution in [3.63, 3.8) is 0 Å². The van der Waals surface area contributed by atoms with Crippen molar-refractivity contribution in [1.29, 1.82) is 0 Å². The first kappa shape index (κ1) is 20.9. The molecule has 0 aromatic heterocycles. The molecule has 3 aliphatic rings. The number of nitrogens with two attached hydrogens (primary N) is 1. The summed E-state index contributed by atoms with van der Waals surface area (Å²) in [6.45, 7) is 5.50. The zero-order valence-electron chi connectivity index (χ0n) is 18.0. The van der Waals surface area contributed by atoms with E-state index in [2.05, 4.69) is 10.6 Å². The standard InChI is InChI=1S/C23H32FN3O3/c1-23(2,3)30-22(29)26-13-7-4-6-12(10-13)18-16(24)11-15(21(25)28)20-19(18)14-8-5-9-17(14)27-20/h11-14,17,27H,4-10H2,1-3H3,(H2,25,28)(H,26,29)/t12?,13-,14?,17?/m0/s1. The average Bonchev–Trinajstić information content (AvgIpc) is 3.21. The number of primary amides is 1. The lowest BCUT2D eigenvalue weighted by atomic mass is 9.76. The van der Waals surface area contributed by atoms with Gasteiger partial charge in [-0.3, -0.25) is 4.79 Å². The quantitative estimate of drug-likeness (QED) is 0.673. The summed E-state index contributed by atoms with van der Waals surface area (Å²) in [5, 5.41) is 6.43. The lowest BCUT2D eigenvalue weighted by Gasteiger charge is -2.32. The molecule has 30 heavy (non-hydrogen) atoms. The molecule has 4 rings (SSSR count). The number of benzene rings is 1. The number of anilines is 1. The van der Waals surface area contributed by atoms with Crippen LogP contribution in [0.5, 0.6) is 0 Å². The highest BCUT2D eigenvalue weighted by atomic mass is 19.1. The van der Waals surface area contributed by atoms with E-state index in [-0.39, 0.29) is 35.3 Å². The van der Waals surface area contributed by atoms with Crippen LogP contribution < -0.4 is 16.4 Å². The predicted octanol–water partition coefficient (Wildman–Crippen LogP) is 4.54. The van der Waals surface area contributed by atoms with Crippen molar-refractivity contribution in [2.75, 3.05) is 5.32 Å². The number of alkyl carbamates (subject to hydrolysis) is 1. The lowest BCUT2D eigenvalue weighted by molar-refractivity contribution is 0.0490. The zero-order valence-corrected chi connectivity index (χ0v) is 18.0. The van der Waals surface area contributed by atoms with Gasteiger partial charge in [-0.25, -0.2) is 9.18 Å². The molecule has 1 aliphatic heterocycles. The number of hydrogen-bond donors (Lipinski definition) is 3. The molecule has 0 saturated heterocycles. The van der Waals surface area contributed by atoms with E-state index in [1.807, 2.05) is 20.8 Å². The van der Waals surface area contributed by atoms with Gasteiger partial charge in [0.2, 0.25) is 0 Å². The van der Waals surface area contributed by atoms with Crippen molar-refractivity contribution in [1.82, 2.24) is 5.32 Å². The highest BCUT2D eigenvalue weighted by Gasteiger charge is 2.42. The van der Waals surface area contributed by atoms with E-state index >= 15 is 4.39 Å². The number of nitrogens with one attached hydrogen (secondary N) is 2. The molecule has 3 unspecified atom stereocenters. The van der Waals surface area contributed by atoms with Crippen molar-refractivity contribution in [2.24, 2.45) is 5.73 Å². The number of hydrogen-bond acceptors (Lipinski definition) is 4. The first-order chi connectivity index (χ1) is 14.1. The van der Waals surface area contributed by atoms with E-state index in [4.69, 9.17) is 10.5 Å². The fourth-order valence-electron chi connectivity index (χ4n) is 5.56. The lowest BCUT2D eigenvalue weighted by Crippen LogP contribution is -2.41. The van der Waals surface area contributed by atoms with Crippen LogP contribution in [0.1, 0.15) is 99.0 Å². The maximum atomic E-state index is 15.4. The second-order valence-corrected chi connectivity index (χ2v) is 9.97. The molecular formula is C23H32FN3O3. The number of fused-ring (bicyclic) bond motifs is 3. The van der Waals surface area contributed by atoms with Gasteiger partial charge in [0.25, 0.3) is 5.91 Å². The molecule has 0 radical (unpaired) electrons. The van der Waals surface area contributed by atoms with E-state index in [1.165, 1.54) is 6.07 Å². The SMILES string of the molecule is CC(C)(C)OC(=O)N[C@H]1CCCC(c2c(F)cc(C(N)=O)c3c2C2CCCC2N3)C1. The Bertz CT molecular complexity index is 864. The number of carbonyl (C=O) groups excluding carboxylic acids is 2. The highest BCUT2D eigenvalue weighted by molar-refractivity contribution is 6.00. The minimum absolute atomic E-state index is 0.00415. The van der Waals surface area contributed by atoms with Crippen LogP contribution in [0.15, 0.2) is 6.07 Å². The summed E-state index contributed by atoms with van der Waals surface area (Å²) in [6.07, 6.45) is 5.95. The van der Waals surface area contributed by atoms with Gasteiger partial charge in [0.1, 0.15) is 11.4 Å². The summed E-state index contributed by atoms with van der Waals surface area (Å²) < 4.78 is 20.8. The third kappa shape index (κ3) is 3.98. The Hall–Kier alpha value is -2.31. The van der Waals surface area contributed by atoms with E-state index in [1.54, 1.807) is 0 Å². The summed E-state index contributed by atoms with van der Waals surface area (Å²) in [5.41, 5.74) is 7.65. The van der Waals surface area contributed by atoms with Gasteiger partial charge in [-0.15, -0.1) is 0 Å². The normalized spacial score (nSPS) is 27.7. The van der Waals surface area contributed by atoms with Crippen molar-refractivity contribution < 1.29 is 18.7 Å². The van der Waals surface area contributed by atoms with Gasteiger partial charge in [0.15, 0.2) is 0 Å². The van der Waals surface area contributed by atoms with Crippen molar-refractivity contribution in [3.8, 4) is 0 Å². The summed E-state index contributed by atoms with van der Waals surface area (Å²) in [4.78, 5) is 24.2. The highest BCUT2D eigenvalue weighted by Crippen LogP contribution is 2.52. The zero-order chi connectivity index (χ0) is 21.6. The summed E-state index contributed by atoms with van der Waals surface area (Å²) in [7, 11) is 0. The molecule has 164 valence electrons. The number of halogens is 1. The average molecular weight is 418 g/mol. The molecule has 2 amide bonds. The van der Waals surface area contributed by atoms with Crippen LogP contribution in [0.4, 0.5) is 14.9 Å². The summed E-state index contributed by atoms with van der Waals surface area (Å²) >= 11 is 0. The topological polar surface area (TPSA) is 93.4 Å². The maximum absolute atomic E-state index is 15.4. The molecular weight excluding hydrogens is 385 g/mol. The van der Waals surface area contributed by atoms with Crippen LogP contribution in [-0.2, 0) is 4.74 Å².